The molecule has 0 unspecified atom stereocenters. The van der Waals surface area contributed by atoms with Gasteiger partial charge in [0.15, 0.2) is 5.82 Å². The van der Waals surface area contributed by atoms with Crippen molar-refractivity contribution in [3.8, 4) is 11.5 Å². The van der Waals surface area contributed by atoms with Crippen LogP contribution in [0.4, 0.5) is 5.82 Å². The highest BCUT2D eigenvalue weighted by Crippen LogP contribution is 2.28. The van der Waals surface area contributed by atoms with Crippen molar-refractivity contribution < 1.29 is 9.26 Å². The number of nitrogens with one attached hydrogen (secondary N) is 1. The molecule has 1 fully saturated rings. The van der Waals surface area contributed by atoms with Crippen LogP contribution in [-0.2, 0) is 4.74 Å². The molecule has 0 radical (unpaired) electrons. The Morgan fingerprint density at radius 1 is 1.35 bits per heavy atom. The Kier molecular flexibility index (Phi) is 2.52. The Hall–Kier alpha value is -1.89. The van der Waals surface area contributed by atoms with Gasteiger partial charge in [0.2, 0.25) is 0 Å². The Labute approximate surface area is 97.3 Å². The third-order valence-corrected chi connectivity index (χ3v) is 2.93. The van der Waals surface area contributed by atoms with Gasteiger partial charge in [-0.3, -0.25) is 5.10 Å². The Balaban J connectivity index is 1.85. The highest BCUT2D eigenvalue weighted by molar-refractivity contribution is 5.65. The largest absolute Gasteiger partial charge is 0.383 e. The molecule has 0 aromatic carbocycles. The van der Waals surface area contributed by atoms with Gasteiger partial charge in [-0.2, -0.15) is 10.1 Å². The number of nitrogens with two attached hydrogens (primary N) is 1. The molecule has 3 heterocycles. The number of nitrogens with zero attached hydrogens (tertiary/aromatic N) is 3. The molecule has 0 saturated carbocycles. The van der Waals surface area contributed by atoms with Crippen LogP contribution in [0.2, 0.25) is 0 Å². The van der Waals surface area contributed by atoms with E-state index in [4.69, 9.17) is 15.0 Å². The average molecular weight is 235 g/mol. The van der Waals surface area contributed by atoms with Gasteiger partial charge in [0.25, 0.3) is 5.89 Å². The summed E-state index contributed by atoms with van der Waals surface area (Å²) in [5.41, 5.74) is 6.34. The molecule has 0 atom stereocenters. The molecule has 3 N–H and O–H groups in total. The van der Waals surface area contributed by atoms with Crippen molar-refractivity contribution in [3.63, 3.8) is 0 Å². The van der Waals surface area contributed by atoms with Crippen LogP contribution >= 0.6 is 0 Å². The SMILES string of the molecule is Nc1[nH]ncc1-c1nc(C2CCOCC2)no1. The molecule has 2 aromatic rings. The van der Waals surface area contributed by atoms with Crippen molar-refractivity contribution in [2.75, 3.05) is 18.9 Å². The maximum atomic E-state index is 5.69. The number of nitrogen functional groups attached to an aromatic ring is 1. The lowest BCUT2D eigenvalue weighted by atomic mass is 10.00. The Morgan fingerprint density at radius 3 is 2.88 bits per heavy atom. The quantitative estimate of drug-likeness (QED) is 0.802. The van der Waals surface area contributed by atoms with Crippen LogP contribution < -0.4 is 5.73 Å². The first-order chi connectivity index (χ1) is 8.34. The standard InChI is InChI=1S/C10H13N5O2/c11-8-7(5-12-14-8)10-13-9(15-17-10)6-1-3-16-4-2-6/h5-6H,1-4H2,(H3,11,12,14). The first-order valence-corrected chi connectivity index (χ1v) is 5.55. The van der Waals surface area contributed by atoms with E-state index in [0.717, 1.165) is 31.9 Å². The molecule has 0 aliphatic carbocycles. The summed E-state index contributed by atoms with van der Waals surface area (Å²) in [7, 11) is 0. The van der Waals surface area contributed by atoms with Gasteiger partial charge in [-0.05, 0) is 12.8 Å². The molecule has 1 saturated heterocycles. The lowest BCUT2D eigenvalue weighted by molar-refractivity contribution is 0.0830. The van der Waals surface area contributed by atoms with E-state index in [1.807, 2.05) is 0 Å². The van der Waals surface area contributed by atoms with Crippen LogP contribution in [0.1, 0.15) is 24.6 Å². The minimum Gasteiger partial charge on any atom is -0.383 e. The lowest BCUT2D eigenvalue weighted by Gasteiger charge is -2.18. The monoisotopic (exact) mass is 235 g/mol. The topological polar surface area (TPSA) is 103 Å². The molecule has 0 bridgehead atoms. The zero-order chi connectivity index (χ0) is 11.7. The second-order valence-corrected chi connectivity index (χ2v) is 4.04. The van der Waals surface area contributed by atoms with E-state index in [0.29, 0.717) is 23.2 Å². The fourth-order valence-corrected chi connectivity index (χ4v) is 1.93. The second-order valence-electron chi connectivity index (χ2n) is 4.04. The summed E-state index contributed by atoms with van der Waals surface area (Å²) in [6.07, 6.45) is 3.44. The van der Waals surface area contributed by atoms with Gasteiger partial charge in [0, 0.05) is 19.1 Å². The molecule has 1 aliphatic rings. The third kappa shape index (κ3) is 1.89. The van der Waals surface area contributed by atoms with E-state index in [2.05, 4.69) is 20.3 Å². The second kappa shape index (κ2) is 4.17. The van der Waals surface area contributed by atoms with Crippen molar-refractivity contribution in [1.29, 1.82) is 0 Å². The summed E-state index contributed by atoms with van der Waals surface area (Å²) < 4.78 is 10.5. The summed E-state index contributed by atoms with van der Waals surface area (Å²) in [6, 6.07) is 0. The molecular formula is C10H13N5O2. The molecule has 90 valence electrons. The van der Waals surface area contributed by atoms with Crippen molar-refractivity contribution in [2.45, 2.75) is 18.8 Å². The van der Waals surface area contributed by atoms with E-state index in [-0.39, 0.29) is 0 Å². The molecular weight excluding hydrogens is 222 g/mol. The highest BCUT2D eigenvalue weighted by Gasteiger charge is 2.22. The minimum atomic E-state index is 0.314. The smallest absolute Gasteiger partial charge is 0.263 e. The van der Waals surface area contributed by atoms with Crippen molar-refractivity contribution in [2.24, 2.45) is 0 Å². The number of aromatic amines is 1. The summed E-state index contributed by atoms with van der Waals surface area (Å²) in [5, 5.41) is 10.5. The Morgan fingerprint density at radius 2 is 2.18 bits per heavy atom. The summed E-state index contributed by atoms with van der Waals surface area (Å²) >= 11 is 0. The number of hydrogen-bond donors (Lipinski definition) is 2. The molecule has 0 amide bonds. The molecule has 0 spiro atoms. The molecule has 7 heteroatoms. The lowest BCUT2D eigenvalue weighted by Crippen LogP contribution is -2.15. The maximum absolute atomic E-state index is 5.69. The van der Waals surface area contributed by atoms with Crippen molar-refractivity contribution in [3.05, 3.63) is 12.0 Å². The normalized spacial score (nSPS) is 17.4. The zero-order valence-electron chi connectivity index (χ0n) is 9.22. The number of anilines is 1. The van der Waals surface area contributed by atoms with Gasteiger partial charge in [-0.25, -0.2) is 0 Å². The van der Waals surface area contributed by atoms with Crippen LogP contribution in [0.3, 0.4) is 0 Å². The highest BCUT2D eigenvalue weighted by atomic mass is 16.5. The number of ether oxygens (including phenoxy) is 1. The van der Waals surface area contributed by atoms with E-state index in [1.54, 1.807) is 6.20 Å². The molecule has 7 nitrogen and oxygen atoms in total. The summed E-state index contributed by atoms with van der Waals surface area (Å²) in [6.45, 7) is 1.50. The van der Waals surface area contributed by atoms with E-state index >= 15 is 0 Å². The third-order valence-electron chi connectivity index (χ3n) is 2.93. The van der Waals surface area contributed by atoms with Crippen LogP contribution in [0, 0.1) is 0 Å². The van der Waals surface area contributed by atoms with Crippen LogP contribution in [0.15, 0.2) is 10.7 Å². The number of H-pyrrole nitrogens is 1. The number of hydrogen-bond acceptors (Lipinski definition) is 6. The maximum Gasteiger partial charge on any atom is 0.263 e. The van der Waals surface area contributed by atoms with Gasteiger partial charge in [0.05, 0.1) is 6.20 Å². The van der Waals surface area contributed by atoms with Gasteiger partial charge in [0.1, 0.15) is 11.4 Å². The molecule has 3 rings (SSSR count). The van der Waals surface area contributed by atoms with Gasteiger partial charge in [-0.1, -0.05) is 5.16 Å². The zero-order valence-corrected chi connectivity index (χ0v) is 9.22. The van der Waals surface area contributed by atoms with Gasteiger partial charge < -0.3 is 15.0 Å². The predicted octanol–water partition coefficient (Wildman–Crippen LogP) is 0.936. The average Bonchev–Trinajstić information content (AvgIpc) is 2.98. The molecule has 17 heavy (non-hydrogen) atoms. The van der Waals surface area contributed by atoms with Crippen LogP contribution in [0.25, 0.3) is 11.5 Å². The van der Waals surface area contributed by atoms with Crippen molar-refractivity contribution >= 4 is 5.82 Å². The fourth-order valence-electron chi connectivity index (χ4n) is 1.93. The molecule has 1 aliphatic heterocycles. The van der Waals surface area contributed by atoms with Gasteiger partial charge in [-0.15, -0.1) is 0 Å². The van der Waals surface area contributed by atoms with E-state index in [9.17, 15) is 0 Å². The van der Waals surface area contributed by atoms with Crippen LogP contribution in [0.5, 0.6) is 0 Å². The predicted molar refractivity (Wildman–Crippen MR) is 59.1 cm³/mol. The van der Waals surface area contributed by atoms with Crippen LogP contribution in [-0.4, -0.2) is 33.6 Å². The fraction of sp³-hybridized carbons (Fsp3) is 0.500. The number of aromatic nitrogens is 4. The van der Waals surface area contributed by atoms with E-state index < -0.39 is 0 Å². The molecule has 2 aromatic heterocycles. The Bertz CT molecular complexity index is 500. The van der Waals surface area contributed by atoms with E-state index in [1.165, 1.54) is 0 Å². The summed E-state index contributed by atoms with van der Waals surface area (Å²) in [5.74, 6) is 1.89. The number of rotatable bonds is 2. The summed E-state index contributed by atoms with van der Waals surface area (Å²) in [4.78, 5) is 4.36. The first-order valence-electron chi connectivity index (χ1n) is 5.55. The van der Waals surface area contributed by atoms with Gasteiger partial charge >= 0.3 is 0 Å². The first kappa shape index (κ1) is 10.3. The minimum absolute atomic E-state index is 0.314. The van der Waals surface area contributed by atoms with Crippen molar-refractivity contribution in [1.82, 2.24) is 20.3 Å².